The zero-order chi connectivity index (χ0) is 10.6. The maximum absolute atomic E-state index is 5.53. The van der Waals surface area contributed by atoms with Gasteiger partial charge in [-0.1, -0.05) is 65.1 Å². The molecule has 2 nitrogen and oxygen atoms in total. The number of hydrogen-bond acceptors (Lipinski definition) is 2. The minimum absolute atomic E-state index is 0.329. The lowest BCUT2D eigenvalue weighted by Crippen LogP contribution is -2.37. The van der Waals surface area contributed by atoms with E-state index in [2.05, 4.69) is 0 Å². The summed E-state index contributed by atoms with van der Waals surface area (Å²) in [5, 5.41) is 0. The van der Waals surface area contributed by atoms with Gasteiger partial charge in [-0.2, -0.15) is 0 Å². The van der Waals surface area contributed by atoms with Gasteiger partial charge in [-0.3, -0.25) is 0 Å². The zero-order valence-electron chi connectivity index (χ0n) is 7.29. The van der Waals surface area contributed by atoms with Crippen LogP contribution < -0.4 is 5.73 Å². The third kappa shape index (κ3) is 4.03. The summed E-state index contributed by atoms with van der Waals surface area (Å²) in [6.45, 7) is 0.329. The predicted molar refractivity (Wildman–Crippen MR) is 59.5 cm³/mol. The van der Waals surface area contributed by atoms with E-state index in [9.17, 15) is 0 Å². The van der Waals surface area contributed by atoms with Crippen LogP contribution in [-0.4, -0.2) is 10.0 Å². The molecule has 0 radical (unpaired) electrons. The summed E-state index contributed by atoms with van der Waals surface area (Å²) >= 11 is 16.6. The van der Waals surface area contributed by atoms with Crippen molar-refractivity contribution in [3.63, 3.8) is 0 Å². The molecular weight excluding hydrogens is 244 g/mol. The van der Waals surface area contributed by atoms with Gasteiger partial charge >= 0.3 is 0 Å². The Kier molecular flexibility index (Phi) is 4.48. The second-order valence-electron chi connectivity index (χ2n) is 2.76. The maximum Gasteiger partial charge on any atom is 0.229 e. The van der Waals surface area contributed by atoms with Gasteiger partial charge in [0.15, 0.2) is 6.23 Å². The number of rotatable bonds is 3. The first kappa shape index (κ1) is 12.1. The molecule has 78 valence electrons. The Morgan fingerprint density at radius 2 is 1.79 bits per heavy atom. The smallest absolute Gasteiger partial charge is 0.229 e. The van der Waals surface area contributed by atoms with Gasteiger partial charge in [0.25, 0.3) is 0 Å². The quantitative estimate of drug-likeness (QED) is 0.665. The van der Waals surface area contributed by atoms with Gasteiger partial charge in [-0.15, -0.1) is 0 Å². The number of hydrogen-bond donors (Lipinski definition) is 1. The molecular formula is C9H10Cl3NO. The highest BCUT2D eigenvalue weighted by Gasteiger charge is 2.29. The molecule has 2 N–H and O–H groups in total. The molecule has 0 saturated heterocycles. The Hall–Kier alpha value is 0.01000. The molecule has 1 unspecified atom stereocenters. The summed E-state index contributed by atoms with van der Waals surface area (Å²) in [5.74, 6) is 0. The Morgan fingerprint density at radius 1 is 1.21 bits per heavy atom. The fourth-order valence-electron chi connectivity index (χ4n) is 0.855. The summed E-state index contributed by atoms with van der Waals surface area (Å²) in [6, 6.07) is 9.54. The van der Waals surface area contributed by atoms with E-state index < -0.39 is 10.0 Å². The van der Waals surface area contributed by atoms with E-state index in [-0.39, 0.29) is 0 Å². The lowest BCUT2D eigenvalue weighted by Gasteiger charge is -2.20. The van der Waals surface area contributed by atoms with Crippen molar-refractivity contribution in [2.45, 2.75) is 16.6 Å². The first-order valence-corrected chi connectivity index (χ1v) is 5.11. The molecule has 0 fully saturated rings. The number of ether oxygens (including phenoxy) is 1. The van der Waals surface area contributed by atoms with Crippen LogP contribution >= 0.6 is 34.8 Å². The van der Waals surface area contributed by atoms with Gasteiger partial charge in [0.05, 0.1) is 6.61 Å². The minimum Gasteiger partial charge on any atom is -0.354 e. The first-order valence-electron chi connectivity index (χ1n) is 3.98. The molecule has 1 aromatic carbocycles. The molecule has 5 heteroatoms. The molecule has 0 aliphatic heterocycles. The van der Waals surface area contributed by atoms with Crippen LogP contribution in [0.25, 0.3) is 0 Å². The highest BCUT2D eigenvalue weighted by Crippen LogP contribution is 2.29. The van der Waals surface area contributed by atoms with E-state index in [4.69, 9.17) is 45.3 Å². The molecule has 14 heavy (non-hydrogen) atoms. The molecule has 0 amide bonds. The minimum atomic E-state index is -1.59. The lowest BCUT2D eigenvalue weighted by atomic mass is 10.2. The third-order valence-electron chi connectivity index (χ3n) is 1.59. The Bertz CT molecular complexity index is 273. The average Bonchev–Trinajstić information content (AvgIpc) is 2.14. The van der Waals surface area contributed by atoms with Crippen LogP contribution in [0.1, 0.15) is 5.56 Å². The molecule has 0 saturated carbocycles. The SMILES string of the molecule is NC(OCc1ccccc1)C(Cl)(Cl)Cl. The van der Waals surface area contributed by atoms with Crippen molar-refractivity contribution >= 4 is 34.8 Å². The van der Waals surface area contributed by atoms with Gasteiger partial charge in [0, 0.05) is 0 Å². The first-order chi connectivity index (χ1) is 6.50. The van der Waals surface area contributed by atoms with Crippen molar-refractivity contribution in [3.05, 3.63) is 35.9 Å². The highest BCUT2D eigenvalue weighted by molar-refractivity contribution is 6.68. The van der Waals surface area contributed by atoms with Gasteiger partial charge in [0.1, 0.15) is 0 Å². The average molecular weight is 255 g/mol. The van der Waals surface area contributed by atoms with Gasteiger partial charge in [-0.25, -0.2) is 0 Å². The summed E-state index contributed by atoms with van der Waals surface area (Å²) in [4.78, 5) is 0. The van der Waals surface area contributed by atoms with Crippen molar-refractivity contribution in [2.24, 2.45) is 5.73 Å². The van der Waals surface area contributed by atoms with Crippen molar-refractivity contribution in [1.82, 2.24) is 0 Å². The van der Waals surface area contributed by atoms with Crippen LogP contribution in [0, 0.1) is 0 Å². The Balaban J connectivity index is 2.42. The molecule has 0 spiro atoms. The van der Waals surface area contributed by atoms with Crippen molar-refractivity contribution in [2.75, 3.05) is 0 Å². The number of benzene rings is 1. The molecule has 0 aliphatic carbocycles. The van der Waals surface area contributed by atoms with Crippen LogP contribution in [0.3, 0.4) is 0 Å². The predicted octanol–water partition coefficient (Wildman–Crippen LogP) is 2.86. The van der Waals surface area contributed by atoms with E-state index in [1.165, 1.54) is 0 Å². The van der Waals surface area contributed by atoms with Crippen molar-refractivity contribution < 1.29 is 4.74 Å². The number of alkyl halides is 3. The second kappa shape index (κ2) is 5.19. The van der Waals surface area contributed by atoms with E-state index in [0.29, 0.717) is 6.61 Å². The van der Waals surface area contributed by atoms with Crippen LogP contribution in [0.15, 0.2) is 30.3 Å². The fraction of sp³-hybridized carbons (Fsp3) is 0.333. The highest BCUT2D eigenvalue weighted by atomic mass is 35.6. The second-order valence-corrected chi connectivity index (χ2v) is 5.13. The largest absolute Gasteiger partial charge is 0.354 e. The molecule has 0 heterocycles. The van der Waals surface area contributed by atoms with E-state index in [0.717, 1.165) is 5.56 Å². The van der Waals surface area contributed by atoms with Crippen LogP contribution in [0.4, 0.5) is 0 Å². The van der Waals surface area contributed by atoms with Crippen LogP contribution in [0.5, 0.6) is 0 Å². The third-order valence-corrected chi connectivity index (χ3v) is 2.24. The van der Waals surface area contributed by atoms with Crippen LogP contribution in [-0.2, 0) is 11.3 Å². The maximum atomic E-state index is 5.53. The van der Waals surface area contributed by atoms with Crippen LogP contribution in [0.2, 0.25) is 0 Å². The summed E-state index contributed by atoms with van der Waals surface area (Å²) in [6.07, 6.45) is -0.923. The molecule has 1 atom stereocenters. The Labute approximate surface area is 97.9 Å². The van der Waals surface area contributed by atoms with E-state index in [1.807, 2.05) is 30.3 Å². The zero-order valence-corrected chi connectivity index (χ0v) is 9.56. The van der Waals surface area contributed by atoms with Gasteiger partial charge < -0.3 is 10.5 Å². The molecule has 0 aromatic heterocycles. The summed E-state index contributed by atoms with van der Waals surface area (Å²) < 4.78 is 3.59. The van der Waals surface area contributed by atoms with Gasteiger partial charge in [-0.05, 0) is 5.56 Å². The lowest BCUT2D eigenvalue weighted by molar-refractivity contribution is 0.0476. The monoisotopic (exact) mass is 253 g/mol. The van der Waals surface area contributed by atoms with E-state index >= 15 is 0 Å². The van der Waals surface area contributed by atoms with E-state index in [1.54, 1.807) is 0 Å². The van der Waals surface area contributed by atoms with Gasteiger partial charge in [0.2, 0.25) is 3.79 Å². The topological polar surface area (TPSA) is 35.2 Å². The van der Waals surface area contributed by atoms with Crippen molar-refractivity contribution in [1.29, 1.82) is 0 Å². The summed E-state index contributed by atoms with van der Waals surface area (Å²) in [7, 11) is 0. The standard InChI is InChI=1S/C9H10Cl3NO/c10-9(11,12)8(13)14-6-7-4-2-1-3-5-7/h1-5,8H,6,13H2. The number of halogens is 3. The number of nitrogens with two attached hydrogens (primary N) is 1. The molecule has 1 rings (SSSR count). The molecule has 0 aliphatic rings. The van der Waals surface area contributed by atoms with Crippen molar-refractivity contribution in [3.8, 4) is 0 Å². The fourth-order valence-corrected chi connectivity index (χ4v) is 1.04. The molecule has 1 aromatic rings. The normalized spacial score (nSPS) is 14.0. The Morgan fingerprint density at radius 3 is 2.29 bits per heavy atom. The molecule has 0 bridgehead atoms. The summed E-state index contributed by atoms with van der Waals surface area (Å²) in [5.41, 5.74) is 6.46.